The molecule has 3 amide bonds. The standard InChI is InChI=1S/C31H29F4N7O3S/c1-4-25(38-39-29(44)37-30-42(27(43)16-46-30)26-15-21(32)9-14-24(26)18(2)3)19-5-7-20(8-6-19)28-36-17-41(40-28)22-10-12-23(13-11-22)45-31(33,34)35/h5-15,17-18,25,38H,4,16H2,1-3H3,(H,39,44). The first kappa shape index (κ1) is 32.6. The normalized spacial score (nSPS) is 15.1. The summed E-state index contributed by atoms with van der Waals surface area (Å²) in [4.78, 5) is 35.2. The second-order valence-corrected chi connectivity index (χ2v) is 11.4. The van der Waals surface area contributed by atoms with Crippen LogP contribution >= 0.6 is 11.8 Å². The number of rotatable bonds is 9. The summed E-state index contributed by atoms with van der Waals surface area (Å²) in [6.07, 6.45) is -2.72. The molecular formula is C31H29F4N7O3S. The zero-order valence-electron chi connectivity index (χ0n) is 24.9. The van der Waals surface area contributed by atoms with E-state index in [1.807, 2.05) is 45.0 Å². The number of urea groups is 1. The van der Waals surface area contributed by atoms with Crippen LogP contribution in [-0.2, 0) is 4.79 Å². The number of anilines is 1. The van der Waals surface area contributed by atoms with E-state index < -0.39 is 18.2 Å². The van der Waals surface area contributed by atoms with Gasteiger partial charge in [0.15, 0.2) is 11.0 Å². The molecule has 0 saturated carbocycles. The Kier molecular flexibility index (Phi) is 9.72. The van der Waals surface area contributed by atoms with Crippen molar-refractivity contribution in [3.63, 3.8) is 0 Å². The van der Waals surface area contributed by atoms with E-state index in [-0.39, 0.29) is 34.5 Å². The van der Waals surface area contributed by atoms with Gasteiger partial charge >= 0.3 is 12.4 Å². The Labute approximate surface area is 265 Å². The van der Waals surface area contributed by atoms with E-state index in [0.29, 0.717) is 29.2 Å². The zero-order chi connectivity index (χ0) is 33.0. The van der Waals surface area contributed by atoms with Crippen LogP contribution in [0.5, 0.6) is 5.75 Å². The number of ether oxygens (including phenoxy) is 1. The average molecular weight is 656 g/mol. The smallest absolute Gasteiger partial charge is 0.406 e. The van der Waals surface area contributed by atoms with Gasteiger partial charge in [0.05, 0.1) is 23.2 Å². The number of carbonyl (C=O) groups is 2. The summed E-state index contributed by atoms with van der Waals surface area (Å²) in [5.74, 6) is -0.641. The van der Waals surface area contributed by atoms with Crippen LogP contribution < -0.4 is 20.5 Å². The minimum atomic E-state index is -4.78. The number of carbonyl (C=O) groups excluding carboxylic acids is 2. The van der Waals surface area contributed by atoms with Crippen LogP contribution in [-0.4, -0.2) is 44.0 Å². The molecule has 2 heterocycles. The Morgan fingerprint density at radius 3 is 2.46 bits per heavy atom. The molecule has 46 heavy (non-hydrogen) atoms. The molecule has 1 aliphatic rings. The molecular weight excluding hydrogens is 626 g/mol. The molecule has 10 nitrogen and oxygen atoms in total. The molecule has 3 aromatic carbocycles. The van der Waals surface area contributed by atoms with E-state index in [1.165, 1.54) is 52.3 Å². The minimum Gasteiger partial charge on any atom is -0.406 e. The predicted molar refractivity (Wildman–Crippen MR) is 166 cm³/mol. The van der Waals surface area contributed by atoms with Crippen LogP contribution in [0.2, 0.25) is 0 Å². The number of benzene rings is 3. The minimum absolute atomic E-state index is 0.0106. The van der Waals surface area contributed by atoms with E-state index in [4.69, 9.17) is 0 Å². The summed E-state index contributed by atoms with van der Waals surface area (Å²) in [5.41, 5.74) is 8.73. The first-order valence-corrected chi connectivity index (χ1v) is 15.2. The van der Waals surface area contributed by atoms with Crippen LogP contribution in [0.4, 0.5) is 28.0 Å². The van der Waals surface area contributed by atoms with Crippen molar-refractivity contribution in [1.29, 1.82) is 0 Å². The molecule has 0 bridgehead atoms. The van der Waals surface area contributed by atoms with Crippen molar-refractivity contribution < 1.29 is 31.9 Å². The number of aromatic nitrogens is 3. The molecule has 15 heteroatoms. The quantitative estimate of drug-likeness (QED) is 0.149. The van der Waals surface area contributed by atoms with Gasteiger partial charge in [-0.1, -0.05) is 62.9 Å². The molecule has 0 radical (unpaired) electrons. The number of nitrogens with zero attached hydrogens (tertiary/aromatic N) is 5. The molecule has 1 aliphatic heterocycles. The number of hydrogen-bond acceptors (Lipinski definition) is 7. The largest absolute Gasteiger partial charge is 0.573 e. The fraction of sp³-hybridized carbons (Fsp3) is 0.258. The molecule has 240 valence electrons. The first-order valence-electron chi connectivity index (χ1n) is 14.2. The third kappa shape index (κ3) is 7.72. The second kappa shape index (κ2) is 13.7. The molecule has 1 aromatic heterocycles. The van der Waals surface area contributed by atoms with Gasteiger partial charge in [0.1, 0.15) is 17.9 Å². The maximum absolute atomic E-state index is 14.1. The first-order chi connectivity index (χ1) is 21.9. The highest BCUT2D eigenvalue weighted by molar-refractivity contribution is 8.15. The van der Waals surface area contributed by atoms with Crippen molar-refractivity contribution in [1.82, 2.24) is 25.6 Å². The maximum atomic E-state index is 14.1. The Hall–Kier alpha value is -4.76. The molecule has 1 atom stereocenters. The van der Waals surface area contributed by atoms with Crippen LogP contribution in [0, 0.1) is 5.82 Å². The number of alkyl halides is 3. The zero-order valence-corrected chi connectivity index (χ0v) is 25.7. The van der Waals surface area contributed by atoms with Crippen LogP contribution in [0.15, 0.2) is 78.0 Å². The lowest BCUT2D eigenvalue weighted by Crippen LogP contribution is -2.39. The lowest BCUT2D eigenvalue weighted by molar-refractivity contribution is -0.274. The topological polar surface area (TPSA) is 114 Å². The van der Waals surface area contributed by atoms with Gasteiger partial charge in [0.2, 0.25) is 5.91 Å². The number of amides is 3. The molecule has 0 aliphatic carbocycles. The van der Waals surface area contributed by atoms with E-state index in [0.717, 1.165) is 22.9 Å². The van der Waals surface area contributed by atoms with Crippen molar-refractivity contribution >= 4 is 34.6 Å². The molecule has 0 spiro atoms. The molecule has 1 unspecified atom stereocenters. The van der Waals surface area contributed by atoms with E-state index in [1.54, 1.807) is 6.07 Å². The number of aliphatic imine (C=N–C) groups is 1. The number of thioether (sulfide) groups is 1. The Morgan fingerprint density at radius 1 is 1.09 bits per heavy atom. The highest BCUT2D eigenvalue weighted by Crippen LogP contribution is 2.34. The average Bonchev–Trinajstić information content (AvgIpc) is 3.64. The van der Waals surface area contributed by atoms with Gasteiger partial charge in [-0.3, -0.25) is 15.1 Å². The van der Waals surface area contributed by atoms with E-state index in [2.05, 4.69) is 30.7 Å². The van der Waals surface area contributed by atoms with Crippen molar-refractivity contribution in [2.45, 2.75) is 45.5 Å². The summed E-state index contributed by atoms with van der Waals surface area (Å²) < 4.78 is 56.7. The Morgan fingerprint density at radius 2 is 1.80 bits per heavy atom. The summed E-state index contributed by atoms with van der Waals surface area (Å²) in [6.45, 7) is 5.80. The van der Waals surface area contributed by atoms with Crippen LogP contribution in [0.25, 0.3) is 17.1 Å². The number of halogens is 4. The number of hydrazine groups is 1. The highest BCUT2D eigenvalue weighted by Gasteiger charge is 2.33. The van der Waals surface area contributed by atoms with Gasteiger partial charge in [0, 0.05) is 5.56 Å². The second-order valence-electron chi connectivity index (χ2n) is 10.5. The third-order valence-corrected chi connectivity index (χ3v) is 7.90. The number of nitrogens with one attached hydrogen (secondary N) is 2. The lowest BCUT2D eigenvalue weighted by atomic mass is 10.0. The van der Waals surface area contributed by atoms with Gasteiger partial charge in [-0.25, -0.2) is 24.3 Å². The number of hydrogen-bond donors (Lipinski definition) is 2. The van der Waals surface area contributed by atoms with Gasteiger partial charge in [0.25, 0.3) is 0 Å². The Bertz CT molecular complexity index is 1740. The highest BCUT2D eigenvalue weighted by atomic mass is 32.2. The molecule has 1 fully saturated rings. The van der Waals surface area contributed by atoms with E-state index in [9.17, 15) is 27.2 Å². The van der Waals surface area contributed by atoms with Gasteiger partial charge in [-0.15, -0.1) is 18.3 Å². The van der Waals surface area contributed by atoms with Crippen LogP contribution in [0.1, 0.15) is 50.3 Å². The van der Waals surface area contributed by atoms with Crippen molar-refractivity contribution in [3.8, 4) is 22.8 Å². The monoisotopic (exact) mass is 655 g/mol. The van der Waals surface area contributed by atoms with Gasteiger partial charge in [-0.05, 0) is 59.9 Å². The van der Waals surface area contributed by atoms with Crippen LogP contribution in [0.3, 0.4) is 0 Å². The van der Waals surface area contributed by atoms with Crippen molar-refractivity contribution in [3.05, 3.63) is 90.0 Å². The fourth-order valence-corrected chi connectivity index (χ4v) is 5.61. The summed E-state index contributed by atoms with van der Waals surface area (Å²) >= 11 is 1.10. The lowest BCUT2D eigenvalue weighted by Gasteiger charge is -2.22. The third-order valence-electron chi connectivity index (χ3n) is 6.98. The maximum Gasteiger partial charge on any atom is 0.573 e. The van der Waals surface area contributed by atoms with E-state index >= 15 is 0 Å². The van der Waals surface area contributed by atoms with Crippen molar-refractivity contribution in [2.75, 3.05) is 10.7 Å². The van der Waals surface area contributed by atoms with Gasteiger partial charge in [-0.2, -0.15) is 4.99 Å². The SMILES string of the molecule is CCC(NNC(=O)N=C1SCC(=O)N1c1cc(F)ccc1C(C)C)c1ccc(-c2ncn(-c3ccc(OC(F)(F)F)cc3)n2)cc1. The molecule has 2 N–H and O–H groups in total. The molecule has 5 rings (SSSR count). The number of amidine groups is 1. The Balaban J connectivity index is 1.23. The van der Waals surface area contributed by atoms with Crippen molar-refractivity contribution in [2.24, 2.45) is 4.99 Å². The fourth-order valence-electron chi connectivity index (χ4n) is 4.75. The summed E-state index contributed by atoms with van der Waals surface area (Å²) in [6, 6.07) is 15.8. The predicted octanol–water partition coefficient (Wildman–Crippen LogP) is 6.90. The summed E-state index contributed by atoms with van der Waals surface area (Å²) in [5, 5.41) is 4.57. The summed E-state index contributed by atoms with van der Waals surface area (Å²) in [7, 11) is 0. The molecule has 1 saturated heterocycles. The molecule has 4 aromatic rings. The van der Waals surface area contributed by atoms with Gasteiger partial charge < -0.3 is 4.74 Å².